The van der Waals surface area contributed by atoms with Crippen molar-refractivity contribution in [2.24, 2.45) is 23.0 Å². The SMILES string of the molecule is CC(C)C1(C(N)C(=O)N2C(C#N)CC3CC32)CCCC1. The summed E-state index contributed by atoms with van der Waals surface area (Å²) in [4.78, 5) is 14.7. The molecule has 0 aromatic carbocycles. The number of carbonyl (C=O) groups excluding carboxylic acids is 1. The Kier molecular flexibility index (Phi) is 3.29. The van der Waals surface area contributed by atoms with Crippen LogP contribution in [0.3, 0.4) is 0 Å². The lowest BCUT2D eigenvalue weighted by atomic mass is 9.69. The van der Waals surface area contributed by atoms with Crippen molar-refractivity contribution in [3.05, 3.63) is 0 Å². The molecule has 0 spiro atoms. The molecular weight excluding hydrogens is 250 g/mol. The number of nitrogens with two attached hydrogens (primary N) is 1. The Hall–Kier alpha value is -1.08. The molecule has 2 saturated carbocycles. The van der Waals surface area contributed by atoms with Crippen LogP contribution in [0.4, 0.5) is 0 Å². The number of rotatable bonds is 3. The van der Waals surface area contributed by atoms with Crippen LogP contribution in [0.1, 0.15) is 52.4 Å². The van der Waals surface area contributed by atoms with Crippen molar-refractivity contribution >= 4 is 5.91 Å². The molecule has 110 valence electrons. The summed E-state index contributed by atoms with van der Waals surface area (Å²) in [5, 5.41) is 9.26. The highest BCUT2D eigenvalue weighted by molar-refractivity contribution is 5.84. The Morgan fingerprint density at radius 1 is 1.35 bits per heavy atom. The second kappa shape index (κ2) is 4.73. The first-order valence-corrected chi connectivity index (χ1v) is 7.98. The van der Waals surface area contributed by atoms with Crippen LogP contribution in [-0.4, -0.2) is 28.9 Å². The van der Waals surface area contributed by atoms with E-state index in [4.69, 9.17) is 5.73 Å². The van der Waals surface area contributed by atoms with E-state index in [1.54, 1.807) is 0 Å². The molecule has 0 bridgehead atoms. The third-order valence-corrected chi connectivity index (χ3v) is 6.08. The minimum absolute atomic E-state index is 0.0390. The molecule has 0 aromatic heterocycles. The Bertz CT molecular complexity index is 447. The number of amides is 1. The lowest BCUT2D eigenvalue weighted by molar-refractivity contribution is -0.137. The lowest BCUT2D eigenvalue weighted by Gasteiger charge is -2.40. The molecule has 4 unspecified atom stereocenters. The number of hydrogen-bond donors (Lipinski definition) is 1. The van der Waals surface area contributed by atoms with Crippen LogP contribution in [0.25, 0.3) is 0 Å². The molecule has 1 saturated heterocycles. The molecule has 3 fully saturated rings. The number of piperidine rings is 1. The lowest BCUT2D eigenvalue weighted by Crippen LogP contribution is -2.56. The van der Waals surface area contributed by atoms with E-state index in [0.717, 1.165) is 25.7 Å². The van der Waals surface area contributed by atoms with E-state index in [0.29, 0.717) is 17.9 Å². The predicted octanol–water partition coefficient (Wildman–Crippen LogP) is 2.04. The average Bonchev–Trinajstić information content (AvgIpc) is 2.91. The summed E-state index contributed by atoms with van der Waals surface area (Å²) < 4.78 is 0. The third-order valence-electron chi connectivity index (χ3n) is 6.08. The van der Waals surface area contributed by atoms with E-state index in [2.05, 4.69) is 19.9 Å². The fraction of sp³-hybridized carbons (Fsp3) is 0.875. The molecule has 1 amide bonds. The van der Waals surface area contributed by atoms with Gasteiger partial charge in [0.25, 0.3) is 0 Å². The molecule has 1 aliphatic heterocycles. The largest absolute Gasteiger partial charge is 0.322 e. The number of carbonyl (C=O) groups is 1. The van der Waals surface area contributed by atoms with Crippen molar-refractivity contribution < 1.29 is 4.79 Å². The number of nitrogens with zero attached hydrogens (tertiary/aromatic N) is 2. The Morgan fingerprint density at radius 2 is 2.00 bits per heavy atom. The minimum atomic E-state index is -0.430. The molecular formula is C16H25N3O. The highest BCUT2D eigenvalue weighted by Gasteiger charge is 2.57. The van der Waals surface area contributed by atoms with Crippen LogP contribution >= 0.6 is 0 Å². The van der Waals surface area contributed by atoms with E-state index in [1.165, 1.54) is 12.8 Å². The minimum Gasteiger partial charge on any atom is -0.322 e. The van der Waals surface area contributed by atoms with Crippen LogP contribution in [0.15, 0.2) is 0 Å². The fourth-order valence-electron chi connectivity index (χ4n) is 4.58. The zero-order valence-electron chi connectivity index (χ0n) is 12.5. The molecule has 2 aliphatic carbocycles. The van der Waals surface area contributed by atoms with Gasteiger partial charge in [-0.25, -0.2) is 0 Å². The van der Waals surface area contributed by atoms with Gasteiger partial charge >= 0.3 is 0 Å². The topological polar surface area (TPSA) is 70.1 Å². The van der Waals surface area contributed by atoms with Crippen molar-refractivity contribution in [1.29, 1.82) is 5.26 Å². The van der Waals surface area contributed by atoms with Crippen molar-refractivity contribution in [2.45, 2.75) is 70.5 Å². The summed E-state index contributed by atoms with van der Waals surface area (Å²) >= 11 is 0. The van der Waals surface area contributed by atoms with Gasteiger partial charge in [-0.05, 0) is 42.9 Å². The van der Waals surface area contributed by atoms with Crippen LogP contribution in [-0.2, 0) is 4.79 Å². The first-order valence-electron chi connectivity index (χ1n) is 7.98. The molecule has 4 atom stereocenters. The zero-order valence-corrected chi connectivity index (χ0v) is 12.5. The summed E-state index contributed by atoms with van der Waals surface area (Å²) in [6.45, 7) is 4.37. The summed E-state index contributed by atoms with van der Waals surface area (Å²) in [6, 6.07) is 1.94. The van der Waals surface area contributed by atoms with Gasteiger partial charge in [-0.1, -0.05) is 26.7 Å². The molecule has 4 nitrogen and oxygen atoms in total. The summed E-state index contributed by atoms with van der Waals surface area (Å²) in [6.07, 6.45) is 6.38. The van der Waals surface area contributed by atoms with Gasteiger partial charge in [-0.3, -0.25) is 4.79 Å². The maximum Gasteiger partial charge on any atom is 0.241 e. The molecule has 0 aromatic rings. The molecule has 20 heavy (non-hydrogen) atoms. The molecule has 2 N–H and O–H groups in total. The summed E-state index contributed by atoms with van der Waals surface area (Å²) in [5.41, 5.74) is 6.38. The van der Waals surface area contributed by atoms with Crippen molar-refractivity contribution in [3.63, 3.8) is 0 Å². The van der Waals surface area contributed by atoms with Gasteiger partial charge in [0.1, 0.15) is 6.04 Å². The van der Waals surface area contributed by atoms with Crippen LogP contribution in [0.5, 0.6) is 0 Å². The Labute approximate surface area is 121 Å². The van der Waals surface area contributed by atoms with Crippen LogP contribution in [0, 0.1) is 28.6 Å². The molecule has 4 heteroatoms. The number of likely N-dealkylation sites (tertiary alicyclic amines) is 1. The number of hydrogen-bond acceptors (Lipinski definition) is 3. The maximum absolute atomic E-state index is 12.9. The van der Waals surface area contributed by atoms with Gasteiger partial charge in [-0.15, -0.1) is 0 Å². The van der Waals surface area contributed by atoms with E-state index in [9.17, 15) is 10.1 Å². The van der Waals surface area contributed by atoms with Gasteiger partial charge in [0.2, 0.25) is 5.91 Å². The first-order chi connectivity index (χ1) is 9.51. The molecule has 3 rings (SSSR count). The molecule has 3 aliphatic rings. The van der Waals surface area contributed by atoms with Gasteiger partial charge in [0.15, 0.2) is 0 Å². The van der Waals surface area contributed by atoms with Gasteiger partial charge in [0.05, 0.1) is 12.1 Å². The monoisotopic (exact) mass is 275 g/mol. The highest BCUT2D eigenvalue weighted by Crippen LogP contribution is 2.51. The fourth-order valence-corrected chi connectivity index (χ4v) is 4.58. The predicted molar refractivity (Wildman–Crippen MR) is 76.5 cm³/mol. The summed E-state index contributed by atoms with van der Waals surface area (Å²) in [5.74, 6) is 1.02. The Morgan fingerprint density at radius 3 is 2.55 bits per heavy atom. The standard InChI is InChI=1S/C16H25N3O/c1-10(2)16(5-3-4-6-16)14(18)15(20)19-12(9-17)7-11-8-13(11)19/h10-14H,3-8,18H2,1-2H3. The van der Waals surface area contributed by atoms with E-state index in [-0.39, 0.29) is 17.4 Å². The Balaban J connectivity index is 1.81. The zero-order chi connectivity index (χ0) is 14.5. The quantitative estimate of drug-likeness (QED) is 0.857. The normalized spacial score (nSPS) is 35.8. The van der Waals surface area contributed by atoms with E-state index in [1.807, 2.05) is 4.90 Å². The van der Waals surface area contributed by atoms with Gasteiger partial charge < -0.3 is 10.6 Å². The molecule has 0 radical (unpaired) electrons. The first kappa shape index (κ1) is 13.9. The van der Waals surface area contributed by atoms with E-state index < -0.39 is 6.04 Å². The second-order valence-electron chi connectivity index (χ2n) is 7.26. The third kappa shape index (κ3) is 1.87. The van der Waals surface area contributed by atoms with E-state index >= 15 is 0 Å². The van der Waals surface area contributed by atoms with Crippen molar-refractivity contribution in [1.82, 2.24) is 4.90 Å². The smallest absolute Gasteiger partial charge is 0.241 e. The highest BCUT2D eigenvalue weighted by atomic mass is 16.2. The summed E-state index contributed by atoms with van der Waals surface area (Å²) in [7, 11) is 0. The average molecular weight is 275 g/mol. The number of nitriles is 1. The van der Waals surface area contributed by atoms with Gasteiger partial charge in [0, 0.05) is 6.04 Å². The van der Waals surface area contributed by atoms with Gasteiger partial charge in [-0.2, -0.15) is 5.26 Å². The number of fused-ring (bicyclic) bond motifs is 1. The second-order valence-corrected chi connectivity index (χ2v) is 7.26. The van der Waals surface area contributed by atoms with Crippen molar-refractivity contribution in [2.75, 3.05) is 0 Å². The van der Waals surface area contributed by atoms with Crippen molar-refractivity contribution in [3.8, 4) is 6.07 Å². The van der Waals surface area contributed by atoms with Crippen LogP contribution < -0.4 is 5.73 Å². The maximum atomic E-state index is 12.9. The molecule has 1 heterocycles. The van der Waals surface area contributed by atoms with Crippen LogP contribution in [0.2, 0.25) is 0 Å².